The van der Waals surface area contributed by atoms with Crippen LogP contribution in [0, 0.1) is 17.1 Å². The van der Waals surface area contributed by atoms with E-state index in [0.717, 1.165) is 58.5 Å². The molecule has 12 heteroatoms. The van der Waals surface area contributed by atoms with Gasteiger partial charge in [0.2, 0.25) is 0 Å². The van der Waals surface area contributed by atoms with Crippen LogP contribution in [0.15, 0.2) is 60.9 Å². The molecule has 2 fully saturated rings. The molecule has 2 saturated heterocycles. The number of aromatic nitrogens is 3. The van der Waals surface area contributed by atoms with Crippen LogP contribution in [0.4, 0.5) is 20.7 Å². The van der Waals surface area contributed by atoms with Crippen molar-refractivity contribution in [1.82, 2.24) is 24.8 Å². The van der Waals surface area contributed by atoms with Gasteiger partial charge in [0.25, 0.3) is 0 Å². The van der Waals surface area contributed by atoms with E-state index < -0.39 is 6.09 Å². The topological polar surface area (TPSA) is 111 Å². The van der Waals surface area contributed by atoms with E-state index >= 15 is 0 Å². The van der Waals surface area contributed by atoms with E-state index in [1.165, 1.54) is 6.07 Å². The summed E-state index contributed by atoms with van der Waals surface area (Å²) in [5, 5.41) is 11.4. The standard InChI is InChI=1S/C36H39FN8O3/c1-42-14-5-8-29(42)24-47-35-40-32-22-43(33-20-39-19-26-9-10-27(37)18-31(26)33)15-12-30(32)34(41-35)44-16-17-45(28(21-44)11-13-38)36(46)48-23-25-6-3-2-4-7-25/h2-4,6-7,9-10,18-20,28-29H,5,8,11-12,14-17,21-24H2,1H3/t28-,29-/m0/s1. The van der Waals surface area contributed by atoms with Crippen molar-refractivity contribution < 1.29 is 18.7 Å². The molecular formula is C36H39FN8O3. The minimum absolute atomic E-state index is 0.167. The monoisotopic (exact) mass is 650 g/mol. The molecule has 0 bridgehead atoms. The molecule has 7 rings (SSSR count). The van der Waals surface area contributed by atoms with Crippen molar-refractivity contribution in [2.45, 2.75) is 50.9 Å². The van der Waals surface area contributed by atoms with E-state index in [4.69, 9.17) is 19.4 Å². The SMILES string of the molecule is CN1CCC[C@H]1COc1nc2c(c(N3CCN(C(=O)OCc4ccccc4)[C@@H](CC#N)C3)n1)CCN(c1cncc3ccc(F)cc13)C2. The van der Waals surface area contributed by atoms with Crippen LogP contribution in [-0.2, 0) is 24.3 Å². The van der Waals surface area contributed by atoms with E-state index in [0.29, 0.717) is 57.8 Å². The van der Waals surface area contributed by atoms with E-state index in [9.17, 15) is 14.4 Å². The number of likely N-dealkylation sites (tertiary alicyclic amines) is 1. The van der Waals surface area contributed by atoms with Gasteiger partial charge in [0.1, 0.15) is 24.8 Å². The lowest BCUT2D eigenvalue weighted by Crippen LogP contribution is -2.55. The Kier molecular flexibility index (Phi) is 9.20. The molecule has 2 aromatic carbocycles. The summed E-state index contributed by atoms with van der Waals surface area (Å²) in [6.45, 7) is 4.19. The Labute approximate surface area is 279 Å². The van der Waals surface area contributed by atoms with Crippen molar-refractivity contribution in [3.8, 4) is 12.1 Å². The predicted molar refractivity (Wildman–Crippen MR) is 179 cm³/mol. The Morgan fingerprint density at radius 1 is 1.04 bits per heavy atom. The van der Waals surface area contributed by atoms with Gasteiger partial charge in [-0.3, -0.25) is 4.98 Å². The normalized spacial score (nSPS) is 19.6. The molecule has 0 N–H and O–H groups in total. The van der Waals surface area contributed by atoms with Gasteiger partial charge in [-0.25, -0.2) is 9.18 Å². The molecule has 2 aromatic heterocycles. The van der Waals surface area contributed by atoms with Gasteiger partial charge in [-0.15, -0.1) is 0 Å². The number of piperazine rings is 1. The van der Waals surface area contributed by atoms with Crippen LogP contribution in [0.25, 0.3) is 10.8 Å². The Morgan fingerprint density at radius 2 is 1.92 bits per heavy atom. The number of halogens is 1. The van der Waals surface area contributed by atoms with E-state index in [-0.39, 0.29) is 24.9 Å². The maximum atomic E-state index is 14.3. The zero-order valence-electron chi connectivity index (χ0n) is 27.1. The summed E-state index contributed by atoms with van der Waals surface area (Å²) < 4.78 is 26.3. The molecule has 0 spiro atoms. The average Bonchev–Trinajstić information content (AvgIpc) is 3.53. The van der Waals surface area contributed by atoms with E-state index in [1.54, 1.807) is 29.4 Å². The minimum Gasteiger partial charge on any atom is -0.462 e. The smallest absolute Gasteiger partial charge is 0.410 e. The van der Waals surface area contributed by atoms with E-state index in [2.05, 4.69) is 32.8 Å². The highest BCUT2D eigenvalue weighted by Crippen LogP contribution is 2.35. The van der Waals surface area contributed by atoms with Crippen LogP contribution in [0.3, 0.4) is 0 Å². The molecule has 11 nitrogen and oxygen atoms in total. The summed E-state index contributed by atoms with van der Waals surface area (Å²) in [6.07, 6.45) is 6.12. The number of fused-ring (bicyclic) bond motifs is 2. The number of pyridine rings is 1. The molecule has 2 atom stereocenters. The van der Waals surface area contributed by atoms with Crippen LogP contribution in [0.2, 0.25) is 0 Å². The zero-order valence-corrected chi connectivity index (χ0v) is 27.1. The number of ether oxygens (including phenoxy) is 2. The summed E-state index contributed by atoms with van der Waals surface area (Å²) >= 11 is 0. The van der Waals surface area contributed by atoms with E-state index in [1.807, 2.05) is 30.3 Å². The van der Waals surface area contributed by atoms with Crippen molar-refractivity contribution in [1.29, 1.82) is 5.26 Å². The lowest BCUT2D eigenvalue weighted by atomic mass is 10.0. The molecule has 3 aliphatic rings. The largest absolute Gasteiger partial charge is 0.462 e. The maximum absolute atomic E-state index is 14.3. The van der Waals surface area contributed by atoms with Crippen molar-refractivity contribution >= 4 is 28.4 Å². The van der Waals surface area contributed by atoms with Crippen molar-refractivity contribution in [2.24, 2.45) is 0 Å². The van der Waals surface area contributed by atoms with Gasteiger partial charge in [0.15, 0.2) is 0 Å². The molecule has 248 valence electrons. The maximum Gasteiger partial charge on any atom is 0.410 e. The molecule has 3 aliphatic heterocycles. The summed E-state index contributed by atoms with van der Waals surface area (Å²) in [6, 6.07) is 16.8. The van der Waals surface area contributed by atoms with Gasteiger partial charge in [-0.2, -0.15) is 15.2 Å². The Hall–Kier alpha value is -5.02. The number of anilines is 2. The quantitative estimate of drug-likeness (QED) is 0.260. The zero-order chi connectivity index (χ0) is 33.0. The number of carbonyl (C=O) groups excluding carboxylic acids is 1. The van der Waals surface area contributed by atoms with Crippen LogP contribution < -0.4 is 14.5 Å². The third-order valence-corrected chi connectivity index (χ3v) is 9.69. The Bertz CT molecular complexity index is 1820. The molecule has 1 amide bonds. The van der Waals surface area contributed by atoms with Crippen LogP contribution in [0.1, 0.15) is 36.1 Å². The highest BCUT2D eigenvalue weighted by molar-refractivity contribution is 5.93. The first kappa shape index (κ1) is 31.6. The van der Waals surface area contributed by atoms with Crippen molar-refractivity contribution in [3.05, 3.63) is 83.6 Å². The summed E-state index contributed by atoms with van der Waals surface area (Å²) in [5.41, 5.74) is 3.62. The lowest BCUT2D eigenvalue weighted by Gasteiger charge is -2.42. The summed E-state index contributed by atoms with van der Waals surface area (Å²) in [7, 11) is 2.11. The van der Waals surface area contributed by atoms with Gasteiger partial charge < -0.3 is 29.1 Å². The van der Waals surface area contributed by atoms with Gasteiger partial charge >= 0.3 is 12.1 Å². The number of nitrogens with zero attached hydrogens (tertiary/aromatic N) is 8. The molecule has 0 aliphatic carbocycles. The fourth-order valence-electron chi connectivity index (χ4n) is 7.02. The van der Waals surface area contributed by atoms with Gasteiger partial charge in [-0.05, 0) is 56.6 Å². The lowest BCUT2D eigenvalue weighted by molar-refractivity contribution is 0.0767. The second-order valence-electron chi connectivity index (χ2n) is 12.7. The molecule has 0 radical (unpaired) electrons. The Balaban J connectivity index is 1.15. The third kappa shape index (κ3) is 6.69. The number of amides is 1. The van der Waals surface area contributed by atoms with Crippen LogP contribution >= 0.6 is 0 Å². The first-order chi connectivity index (χ1) is 23.5. The number of nitriles is 1. The second-order valence-corrected chi connectivity index (χ2v) is 12.7. The molecule has 48 heavy (non-hydrogen) atoms. The number of benzene rings is 2. The molecule has 0 saturated carbocycles. The summed E-state index contributed by atoms with van der Waals surface area (Å²) in [5.74, 6) is 0.483. The predicted octanol–water partition coefficient (Wildman–Crippen LogP) is 4.94. The third-order valence-electron chi connectivity index (χ3n) is 9.69. The fourth-order valence-corrected chi connectivity index (χ4v) is 7.02. The van der Waals surface area contributed by atoms with Crippen molar-refractivity contribution in [2.75, 3.05) is 56.2 Å². The molecule has 5 heterocycles. The molecular weight excluding hydrogens is 611 g/mol. The number of carbonyl (C=O) groups is 1. The van der Waals surface area contributed by atoms with Gasteiger partial charge in [0.05, 0.1) is 42.7 Å². The fraction of sp³-hybridized carbons (Fsp3) is 0.417. The molecule has 4 aromatic rings. The first-order valence-electron chi connectivity index (χ1n) is 16.6. The number of rotatable bonds is 8. The summed E-state index contributed by atoms with van der Waals surface area (Å²) in [4.78, 5) is 35.8. The Morgan fingerprint density at radius 3 is 2.73 bits per heavy atom. The van der Waals surface area contributed by atoms with Gasteiger partial charge in [-0.1, -0.05) is 30.3 Å². The number of hydrogen-bond donors (Lipinski definition) is 0. The van der Waals surface area contributed by atoms with Crippen molar-refractivity contribution in [3.63, 3.8) is 0 Å². The van der Waals surface area contributed by atoms with Crippen LogP contribution in [0.5, 0.6) is 6.01 Å². The second kappa shape index (κ2) is 14.0. The highest BCUT2D eigenvalue weighted by atomic mass is 19.1. The van der Waals surface area contributed by atoms with Crippen LogP contribution in [-0.4, -0.2) is 89.3 Å². The molecule has 0 unspecified atom stereocenters. The average molecular weight is 651 g/mol. The number of likely N-dealkylation sites (N-methyl/N-ethyl adjacent to an activating group) is 1. The van der Waals surface area contributed by atoms with Gasteiger partial charge in [0, 0.05) is 54.8 Å². The minimum atomic E-state index is -0.427. The first-order valence-corrected chi connectivity index (χ1v) is 16.6. The highest BCUT2D eigenvalue weighted by Gasteiger charge is 2.35. The number of hydrogen-bond acceptors (Lipinski definition) is 10.